The van der Waals surface area contributed by atoms with Gasteiger partial charge in [0.25, 0.3) is 0 Å². The average molecular weight is 236 g/mol. The quantitative estimate of drug-likeness (QED) is 0.576. The van der Waals surface area contributed by atoms with Gasteiger partial charge in [0.1, 0.15) is 0 Å². The van der Waals surface area contributed by atoms with Gasteiger partial charge in [-0.3, -0.25) is 0 Å². The van der Waals surface area contributed by atoms with E-state index in [1.54, 1.807) is 0 Å². The number of benzene rings is 2. The van der Waals surface area contributed by atoms with E-state index in [0.29, 0.717) is 0 Å². The Hall–Kier alpha value is -1.82. The second-order valence-corrected chi connectivity index (χ2v) is 4.49. The van der Waals surface area contributed by atoms with Crippen molar-refractivity contribution in [1.29, 1.82) is 0 Å². The number of hydrogen-bond donors (Lipinski definition) is 0. The summed E-state index contributed by atoms with van der Waals surface area (Å²) in [6, 6.07) is 20.8. The van der Waals surface area contributed by atoms with E-state index in [1.807, 2.05) is 12.1 Å². The highest BCUT2D eigenvalue weighted by atomic mass is 14.0. The fourth-order valence-electron chi connectivity index (χ4n) is 2.02. The summed E-state index contributed by atoms with van der Waals surface area (Å²) in [6.07, 6.45) is 10.0. The Kier molecular flexibility index (Phi) is 5.26. The fourth-order valence-corrected chi connectivity index (χ4v) is 2.02. The van der Waals surface area contributed by atoms with Gasteiger partial charge in [-0.15, -0.1) is 0 Å². The van der Waals surface area contributed by atoms with E-state index >= 15 is 0 Å². The molecule has 3 rings (SSSR count). The van der Waals surface area contributed by atoms with Crippen molar-refractivity contribution in [3.63, 3.8) is 0 Å². The van der Waals surface area contributed by atoms with E-state index in [0.717, 1.165) is 0 Å². The summed E-state index contributed by atoms with van der Waals surface area (Å²) in [5, 5.41) is 0. The van der Waals surface area contributed by atoms with Crippen molar-refractivity contribution in [2.75, 3.05) is 0 Å². The molecule has 0 saturated carbocycles. The van der Waals surface area contributed by atoms with Gasteiger partial charge in [-0.1, -0.05) is 72.8 Å². The van der Waals surface area contributed by atoms with Crippen LogP contribution in [0.5, 0.6) is 0 Å². The van der Waals surface area contributed by atoms with Gasteiger partial charge in [0.05, 0.1) is 0 Å². The average Bonchev–Trinajstić information content (AvgIpc) is 2.51. The van der Waals surface area contributed by atoms with Crippen molar-refractivity contribution in [3.8, 4) is 11.1 Å². The van der Waals surface area contributed by atoms with Crippen LogP contribution >= 0.6 is 0 Å². The van der Waals surface area contributed by atoms with Gasteiger partial charge in [-0.2, -0.15) is 0 Å². The first kappa shape index (κ1) is 12.6. The zero-order valence-corrected chi connectivity index (χ0v) is 10.8. The standard InChI is InChI=1S/C12H10.C6H10/c1-3-7-11(8-4-1)12-9-5-2-6-10-12;1-2-4-6-5-3-1/h1-10H;1-2H,3-6H2. The van der Waals surface area contributed by atoms with Crippen molar-refractivity contribution < 1.29 is 0 Å². The molecule has 0 spiro atoms. The van der Waals surface area contributed by atoms with Crippen molar-refractivity contribution in [1.82, 2.24) is 0 Å². The molecule has 0 heteroatoms. The normalized spacial score (nSPS) is 13.6. The van der Waals surface area contributed by atoms with Gasteiger partial charge in [0.2, 0.25) is 0 Å². The molecule has 1 aliphatic rings. The maximum absolute atomic E-state index is 2.27. The van der Waals surface area contributed by atoms with Crippen LogP contribution in [0.15, 0.2) is 72.8 Å². The maximum Gasteiger partial charge on any atom is -0.0184 e. The van der Waals surface area contributed by atoms with E-state index in [9.17, 15) is 0 Å². The summed E-state index contributed by atoms with van der Waals surface area (Å²) in [4.78, 5) is 0. The molecule has 2 aromatic rings. The molecule has 92 valence electrons. The summed E-state index contributed by atoms with van der Waals surface area (Å²) < 4.78 is 0. The molecule has 0 saturated heterocycles. The van der Waals surface area contributed by atoms with Crippen LogP contribution in [0.1, 0.15) is 25.7 Å². The van der Waals surface area contributed by atoms with E-state index in [-0.39, 0.29) is 0 Å². The molecule has 0 fully saturated rings. The fraction of sp³-hybridized carbons (Fsp3) is 0.222. The summed E-state index contributed by atoms with van der Waals surface area (Å²) in [5.74, 6) is 0. The third kappa shape index (κ3) is 4.21. The van der Waals surface area contributed by atoms with Gasteiger partial charge < -0.3 is 0 Å². The zero-order valence-electron chi connectivity index (χ0n) is 10.8. The molecule has 0 heterocycles. The lowest BCUT2D eigenvalue weighted by atomic mass is 10.1. The summed E-state index contributed by atoms with van der Waals surface area (Å²) in [6.45, 7) is 0. The van der Waals surface area contributed by atoms with Gasteiger partial charge in [0, 0.05) is 0 Å². The van der Waals surface area contributed by atoms with Crippen LogP contribution in [0.3, 0.4) is 0 Å². The number of hydrogen-bond acceptors (Lipinski definition) is 0. The molecule has 0 bridgehead atoms. The minimum Gasteiger partial charge on any atom is -0.0885 e. The first-order valence-electron chi connectivity index (χ1n) is 6.72. The Morgan fingerprint density at radius 3 is 1.17 bits per heavy atom. The third-order valence-corrected chi connectivity index (χ3v) is 3.04. The second kappa shape index (κ2) is 7.50. The van der Waals surface area contributed by atoms with Crippen LogP contribution < -0.4 is 0 Å². The van der Waals surface area contributed by atoms with E-state index in [2.05, 4.69) is 60.7 Å². The smallest absolute Gasteiger partial charge is 0.0184 e. The topological polar surface area (TPSA) is 0 Å². The lowest BCUT2D eigenvalue weighted by Crippen LogP contribution is -1.77. The Bertz CT molecular complexity index is 408. The van der Waals surface area contributed by atoms with Gasteiger partial charge in [0.15, 0.2) is 0 Å². The van der Waals surface area contributed by atoms with Gasteiger partial charge in [-0.25, -0.2) is 0 Å². The lowest BCUT2D eigenvalue weighted by Gasteiger charge is -1.98. The van der Waals surface area contributed by atoms with Gasteiger partial charge >= 0.3 is 0 Å². The van der Waals surface area contributed by atoms with E-state index < -0.39 is 0 Å². The predicted molar refractivity (Wildman–Crippen MR) is 79.5 cm³/mol. The van der Waals surface area contributed by atoms with Gasteiger partial charge in [-0.05, 0) is 36.8 Å². The molecule has 0 radical (unpaired) electrons. The third-order valence-electron chi connectivity index (χ3n) is 3.04. The van der Waals surface area contributed by atoms with Crippen molar-refractivity contribution >= 4 is 0 Å². The molecule has 0 N–H and O–H groups in total. The summed E-state index contributed by atoms with van der Waals surface area (Å²) in [7, 11) is 0. The first-order chi connectivity index (χ1) is 8.97. The van der Waals surface area contributed by atoms with Crippen LogP contribution in [0.2, 0.25) is 0 Å². The summed E-state index contributed by atoms with van der Waals surface area (Å²) >= 11 is 0. The molecule has 0 atom stereocenters. The Morgan fingerprint density at radius 1 is 0.500 bits per heavy atom. The monoisotopic (exact) mass is 236 g/mol. The Balaban J connectivity index is 0.000000169. The van der Waals surface area contributed by atoms with Crippen molar-refractivity contribution in [2.24, 2.45) is 0 Å². The van der Waals surface area contributed by atoms with Crippen LogP contribution in [0.25, 0.3) is 11.1 Å². The number of allylic oxidation sites excluding steroid dienone is 2. The molecule has 0 aromatic heterocycles. The van der Waals surface area contributed by atoms with E-state index in [4.69, 9.17) is 0 Å². The van der Waals surface area contributed by atoms with E-state index in [1.165, 1.54) is 36.8 Å². The first-order valence-corrected chi connectivity index (χ1v) is 6.72. The molecule has 1 aliphatic carbocycles. The van der Waals surface area contributed by atoms with Crippen LogP contribution in [-0.4, -0.2) is 0 Å². The van der Waals surface area contributed by atoms with Crippen LogP contribution in [0, 0.1) is 0 Å². The maximum atomic E-state index is 2.27. The minimum absolute atomic E-state index is 1.28. The molecule has 0 nitrogen and oxygen atoms in total. The largest absolute Gasteiger partial charge is 0.0885 e. The Morgan fingerprint density at radius 2 is 0.889 bits per heavy atom. The molecule has 0 aliphatic heterocycles. The van der Waals surface area contributed by atoms with Crippen LogP contribution in [0.4, 0.5) is 0 Å². The molecular weight excluding hydrogens is 216 g/mol. The summed E-state index contributed by atoms with van der Waals surface area (Å²) in [5.41, 5.74) is 2.55. The van der Waals surface area contributed by atoms with Crippen molar-refractivity contribution in [3.05, 3.63) is 72.8 Å². The molecule has 0 unspecified atom stereocenters. The number of rotatable bonds is 1. The minimum atomic E-state index is 1.28. The highest BCUT2D eigenvalue weighted by Crippen LogP contribution is 2.17. The zero-order chi connectivity index (χ0) is 12.5. The molecular formula is C18H20. The molecule has 2 aromatic carbocycles. The highest BCUT2D eigenvalue weighted by molar-refractivity contribution is 5.62. The highest BCUT2D eigenvalue weighted by Gasteiger charge is 1.91. The predicted octanol–water partition coefficient (Wildman–Crippen LogP) is 5.47. The lowest BCUT2D eigenvalue weighted by molar-refractivity contribution is 0.730. The molecule has 18 heavy (non-hydrogen) atoms. The second-order valence-electron chi connectivity index (χ2n) is 4.49. The molecule has 0 amide bonds. The Labute approximate surface area is 110 Å². The van der Waals surface area contributed by atoms with Crippen LogP contribution in [-0.2, 0) is 0 Å². The SMILES string of the molecule is C1=CCCCC1.c1ccc(-c2ccccc2)cc1. The van der Waals surface area contributed by atoms with Crippen molar-refractivity contribution in [2.45, 2.75) is 25.7 Å².